The van der Waals surface area contributed by atoms with Gasteiger partial charge >= 0.3 is 0 Å². The highest BCUT2D eigenvalue weighted by Gasteiger charge is 1.92. The van der Waals surface area contributed by atoms with Gasteiger partial charge in [-0.1, -0.05) is 0 Å². The minimum atomic E-state index is 0.877. The Labute approximate surface area is 52.3 Å². The van der Waals surface area contributed by atoms with Crippen LogP contribution in [0.1, 0.15) is 5.69 Å². The molecule has 0 saturated carbocycles. The Kier molecular flexibility index (Phi) is 1.48. The Balaban J connectivity index is 2.84. The molecule has 1 aromatic rings. The van der Waals surface area contributed by atoms with E-state index in [0.29, 0.717) is 0 Å². The number of aryl methyl sites for hydroxylation is 1. The molecule has 0 unspecified atom stereocenters. The van der Waals surface area contributed by atoms with Gasteiger partial charge < -0.3 is 4.74 Å². The van der Waals surface area contributed by atoms with E-state index in [2.05, 4.69) is 4.37 Å². The summed E-state index contributed by atoms with van der Waals surface area (Å²) in [6.45, 7) is 1.94. The molecule has 1 rings (SSSR count). The summed E-state index contributed by atoms with van der Waals surface area (Å²) in [6, 6.07) is 1.91. The Hall–Kier alpha value is -0.570. The second kappa shape index (κ2) is 2.13. The highest BCUT2D eigenvalue weighted by molar-refractivity contribution is 7.07. The third-order valence-corrected chi connectivity index (χ3v) is 1.65. The Morgan fingerprint density at radius 2 is 2.50 bits per heavy atom. The SMILES string of the molecule is COc1cc(C)ns1. The molecule has 3 heteroatoms. The average Bonchev–Trinajstić information content (AvgIpc) is 2.14. The third kappa shape index (κ3) is 0.980. The minimum absolute atomic E-state index is 0.877. The summed E-state index contributed by atoms with van der Waals surface area (Å²) in [6.07, 6.45) is 0. The first-order chi connectivity index (χ1) is 3.83. The number of hydrogen-bond donors (Lipinski definition) is 0. The van der Waals surface area contributed by atoms with Crippen molar-refractivity contribution in [1.29, 1.82) is 0 Å². The third-order valence-electron chi connectivity index (χ3n) is 0.808. The fourth-order valence-electron chi connectivity index (χ4n) is 0.436. The summed E-state index contributed by atoms with van der Waals surface area (Å²) < 4.78 is 8.90. The van der Waals surface area contributed by atoms with Crippen molar-refractivity contribution in [3.63, 3.8) is 0 Å². The Morgan fingerprint density at radius 3 is 2.75 bits per heavy atom. The van der Waals surface area contributed by atoms with Gasteiger partial charge in [0.1, 0.15) is 0 Å². The van der Waals surface area contributed by atoms with Gasteiger partial charge in [0.25, 0.3) is 0 Å². The molecule has 0 N–H and O–H groups in total. The molecule has 0 bridgehead atoms. The van der Waals surface area contributed by atoms with E-state index in [1.807, 2.05) is 13.0 Å². The van der Waals surface area contributed by atoms with Crippen molar-refractivity contribution in [2.75, 3.05) is 7.11 Å². The van der Waals surface area contributed by atoms with Gasteiger partial charge in [-0.2, -0.15) is 4.37 Å². The number of rotatable bonds is 1. The van der Waals surface area contributed by atoms with Gasteiger partial charge in [0, 0.05) is 17.6 Å². The quantitative estimate of drug-likeness (QED) is 0.572. The van der Waals surface area contributed by atoms with Crippen LogP contribution in [0.3, 0.4) is 0 Å². The molecule has 1 heterocycles. The molecule has 2 nitrogen and oxygen atoms in total. The van der Waals surface area contributed by atoms with Crippen LogP contribution in [0.5, 0.6) is 5.06 Å². The van der Waals surface area contributed by atoms with Crippen molar-refractivity contribution < 1.29 is 4.74 Å². The molecule has 0 aromatic carbocycles. The Morgan fingerprint density at radius 1 is 1.75 bits per heavy atom. The molecule has 0 spiro atoms. The highest BCUT2D eigenvalue weighted by Crippen LogP contribution is 2.16. The molecule has 0 aliphatic heterocycles. The molecular formula is C5H7NOS. The number of hydrogen-bond acceptors (Lipinski definition) is 3. The second-order valence-electron chi connectivity index (χ2n) is 1.49. The van der Waals surface area contributed by atoms with Crippen LogP contribution in [0.25, 0.3) is 0 Å². The van der Waals surface area contributed by atoms with E-state index in [9.17, 15) is 0 Å². The van der Waals surface area contributed by atoms with Gasteiger partial charge in [-0.25, -0.2) is 0 Å². The molecular weight excluding hydrogens is 122 g/mol. The lowest BCUT2D eigenvalue weighted by Crippen LogP contribution is -1.73. The van der Waals surface area contributed by atoms with Gasteiger partial charge in [-0.05, 0) is 6.92 Å². The molecule has 0 atom stereocenters. The highest BCUT2D eigenvalue weighted by atomic mass is 32.1. The van der Waals surface area contributed by atoms with Crippen LogP contribution in [-0.4, -0.2) is 11.5 Å². The van der Waals surface area contributed by atoms with Crippen molar-refractivity contribution in [2.45, 2.75) is 6.92 Å². The smallest absolute Gasteiger partial charge is 0.193 e. The molecule has 0 radical (unpaired) electrons. The van der Waals surface area contributed by atoms with Gasteiger partial charge in [0.2, 0.25) is 0 Å². The average molecular weight is 129 g/mol. The maximum absolute atomic E-state index is 4.89. The van der Waals surface area contributed by atoms with Crippen LogP contribution < -0.4 is 4.74 Å². The van der Waals surface area contributed by atoms with Gasteiger partial charge in [0.15, 0.2) is 5.06 Å². The number of methoxy groups -OCH3 is 1. The predicted octanol–water partition coefficient (Wildman–Crippen LogP) is 1.46. The van der Waals surface area contributed by atoms with E-state index in [4.69, 9.17) is 4.74 Å². The lowest BCUT2D eigenvalue weighted by atomic mass is 10.5. The molecule has 0 amide bonds. The summed E-state index contributed by atoms with van der Waals surface area (Å²) in [5, 5.41) is 0.877. The predicted molar refractivity (Wildman–Crippen MR) is 33.4 cm³/mol. The number of aromatic nitrogens is 1. The van der Waals surface area contributed by atoms with E-state index in [-0.39, 0.29) is 0 Å². The monoisotopic (exact) mass is 129 g/mol. The van der Waals surface area contributed by atoms with Crippen molar-refractivity contribution in [2.24, 2.45) is 0 Å². The standard InChI is InChI=1S/C5H7NOS/c1-4-3-5(7-2)8-6-4/h3H,1-2H3. The normalized spacial score (nSPS) is 9.25. The first-order valence-corrected chi connectivity index (χ1v) is 3.07. The summed E-state index contributed by atoms with van der Waals surface area (Å²) in [7, 11) is 1.65. The lowest BCUT2D eigenvalue weighted by molar-refractivity contribution is 0.427. The van der Waals surface area contributed by atoms with E-state index >= 15 is 0 Å². The van der Waals surface area contributed by atoms with Crippen LogP contribution in [0.2, 0.25) is 0 Å². The lowest BCUT2D eigenvalue weighted by Gasteiger charge is -1.85. The summed E-state index contributed by atoms with van der Waals surface area (Å²) in [4.78, 5) is 0. The van der Waals surface area contributed by atoms with Gasteiger partial charge in [0.05, 0.1) is 12.8 Å². The zero-order valence-corrected chi connectivity index (χ0v) is 5.66. The fourth-order valence-corrected chi connectivity index (χ4v) is 1.02. The Bertz CT molecular complexity index is 173. The zero-order chi connectivity index (χ0) is 5.98. The fraction of sp³-hybridized carbons (Fsp3) is 0.400. The number of ether oxygens (including phenoxy) is 1. The first-order valence-electron chi connectivity index (χ1n) is 2.30. The van der Waals surface area contributed by atoms with Crippen LogP contribution in [0, 0.1) is 6.92 Å². The maximum atomic E-state index is 4.89. The van der Waals surface area contributed by atoms with Crippen molar-refractivity contribution in [1.82, 2.24) is 4.37 Å². The summed E-state index contributed by atoms with van der Waals surface area (Å²) >= 11 is 1.38. The largest absolute Gasteiger partial charge is 0.486 e. The van der Waals surface area contributed by atoms with Gasteiger partial charge in [-0.3, -0.25) is 0 Å². The summed E-state index contributed by atoms with van der Waals surface area (Å²) in [5.74, 6) is 0. The number of nitrogens with zero attached hydrogens (tertiary/aromatic N) is 1. The van der Waals surface area contributed by atoms with Crippen LogP contribution >= 0.6 is 11.5 Å². The van der Waals surface area contributed by atoms with Crippen LogP contribution in [0.15, 0.2) is 6.07 Å². The molecule has 8 heavy (non-hydrogen) atoms. The molecule has 44 valence electrons. The molecule has 0 aliphatic carbocycles. The topological polar surface area (TPSA) is 22.1 Å². The van der Waals surface area contributed by atoms with Crippen molar-refractivity contribution >= 4 is 11.5 Å². The summed E-state index contributed by atoms with van der Waals surface area (Å²) in [5.41, 5.74) is 1.02. The van der Waals surface area contributed by atoms with Crippen molar-refractivity contribution in [3.8, 4) is 5.06 Å². The minimum Gasteiger partial charge on any atom is -0.486 e. The zero-order valence-electron chi connectivity index (χ0n) is 4.84. The van der Waals surface area contributed by atoms with Gasteiger partial charge in [-0.15, -0.1) is 0 Å². The van der Waals surface area contributed by atoms with Crippen LogP contribution in [-0.2, 0) is 0 Å². The van der Waals surface area contributed by atoms with E-state index in [1.54, 1.807) is 7.11 Å². The molecule has 0 fully saturated rings. The molecule has 0 aliphatic rings. The molecule has 1 aromatic heterocycles. The van der Waals surface area contributed by atoms with Crippen LogP contribution in [0.4, 0.5) is 0 Å². The maximum Gasteiger partial charge on any atom is 0.193 e. The second-order valence-corrected chi connectivity index (χ2v) is 2.26. The van der Waals surface area contributed by atoms with E-state index < -0.39 is 0 Å². The van der Waals surface area contributed by atoms with E-state index in [1.165, 1.54) is 11.5 Å². The first kappa shape index (κ1) is 5.56. The van der Waals surface area contributed by atoms with Crippen molar-refractivity contribution in [3.05, 3.63) is 11.8 Å². The molecule has 0 saturated heterocycles. The van der Waals surface area contributed by atoms with E-state index in [0.717, 1.165) is 10.8 Å².